The summed E-state index contributed by atoms with van der Waals surface area (Å²) in [4.78, 5) is 13.4. The van der Waals surface area contributed by atoms with Crippen LogP contribution in [0.3, 0.4) is 0 Å². The van der Waals surface area contributed by atoms with Crippen molar-refractivity contribution in [2.75, 3.05) is 0 Å². The number of hydrogen-bond acceptors (Lipinski definition) is 2. The summed E-state index contributed by atoms with van der Waals surface area (Å²) in [6.45, 7) is 0. The Morgan fingerprint density at radius 1 is 1.08 bits per heavy atom. The van der Waals surface area contributed by atoms with Gasteiger partial charge in [0.15, 0.2) is 0 Å². The standard InChI is InChI=1S/C22H31NO2/c24-21(22-12-15-8-16(13-22)10-17(9-15)14-22)23-20-6-2-1-4-18(20)11-19-5-3-7-25-19/h3,5,7,15-18,20H,1-2,4,6,8-14H2,(H,23,24)/t15?,16?,17?,18-,20-,22?/m0/s1. The van der Waals surface area contributed by atoms with E-state index in [1.165, 1.54) is 57.8 Å². The fraction of sp³-hybridized carbons (Fsp3) is 0.773. The summed E-state index contributed by atoms with van der Waals surface area (Å²) in [6, 6.07) is 4.40. The molecule has 0 saturated heterocycles. The molecule has 0 radical (unpaired) electrons. The molecule has 5 aliphatic carbocycles. The Labute approximate surface area is 150 Å². The molecule has 5 aliphatic rings. The van der Waals surface area contributed by atoms with Gasteiger partial charge in [0.25, 0.3) is 0 Å². The number of carbonyl (C=O) groups excluding carboxylic acids is 1. The summed E-state index contributed by atoms with van der Waals surface area (Å²) in [7, 11) is 0. The van der Waals surface area contributed by atoms with Crippen molar-refractivity contribution in [1.82, 2.24) is 5.32 Å². The minimum absolute atomic E-state index is 0.0125. The molecular formula is C22H31NO2. The lowest BCUT2D eigenvalue weighted by Gasteiger charge is -2.56. The Morgan fingerprint density at radius 2 is 1.76 bits per heavy atom. The third-order valence-electron chi connectivity index (χ3n) is 7.79. The molecule has 5 saturated carbocycles. The second-order valence-electron chi connectivity index (χ2n) is 9.61. The zero-order valence-electron chi connectivity index (χ0n) is 15.2. The molecule has 3 heteroatoms. The lowest BCUT2D eigenvalue weighted by atomic mass is 9.49. The second kappa shape index (κ2) is 6.17. The fourth-order valence-electron chi connectivity index (χ4n) is 7.04. The average molecular weight is 341 g/mol. The van der Waals surface area contributed by atoms with Gasteiger partial charge < -0.3 is 9.73 Å². The molecule has 4 bridgehead atoms. The van der Waals surface area contributed by atoms with Gasteiger partial charge in [0.05, 0.1) is 6.26 Å². The molecule has 0 aliphatic heterocycles. The molecule has 25 heavy (non-hydrogen) atoms. The minimum atomic E-state index is -0.0125. The number of amides is 1. The Hall–Kier alpha value is -1.25. The van der Waals surface area contributed by atoms with E-state index in [0.29, 0.717) is 17.9 Å². The van der Waals surface area contributed by atoms with Gasteiger partial charge in [-0.25, -0.2) is 0 Å². The fourth-order valence-corrected chi connectivity index (χ4v) is 7.04. The van der Waals surface area contributed by atoms with Gasteiger partial charge in [-0.2, -0.15) is 0 Å². The van der Waals surface area contributed by atoms with E-state index in [1.54, 1.807) is 6.26 Å². The minimum Gasteiger partial charge on any atom is -0.469 e. The van der Waals surface area contributed by atoms with Crippen LogP contribution in [0.2, 0.25) is 0 Å². The topological polar surface area (TPSA) is 42.2 Å². The summed E-state index contributed by atoms with van der Waals surface area (Å²) < 4.78 is 5.58. The third kappa shape index (κ3) is 2.94. The zero-order chi connectivity index (χ0) is 16.9. The number of carbonyl (C=O) groups is 1. The smallest absolute Gasteiger partial charge is 0.226 e. The molecule has 5 fully saturated rings. The summed E-state index contributed by atoms with van der Waals surface area (Å²) in [6.07, 6.45) is 15.3. The van der Waals surface area contributed by atoms with Crippen molar-refractivity contribution in [1.29, 1.82) is 0 Å². The second-order valence-corrected chi connectivity index (χ2v) is 9.61. The SMILES string of the molecule is O=C(N[C@H]1CCCC[C@H]1Cc1ccco1)C12CC3CC(CC(C3)C1)C2. The first-order valence-electron chi connectivity index (χ1n) is 10.5. The average Bonchev–Trinajstić information content (AvgIpc) is 3.08. The lowest BCUT2D eigenvalue weighted by Crippen LogP contribution is -2.56. The van der Waals surface area contributed by atoms with Crippen LogP contribution >= 0.6 is 0 Å². The predicted octanol–water partition coefficient (Wildman–Crippen LogP) is 4.71. The number of rotatable bonds is 4. The van der Waals surface area contributed by atoms with Gasteiger partial charge in [0.1, 0.15) is 5.76 Å². The first-order chi connectivity index (χ1) is 12.2. The van der Waals surface area contributed by atoms with Gasteiger partial charge in [0.2, 0.25) is 5.91 Å². The summed E-state index contributed by atoms with van der Waals surface area (Å²) in [5, 5.41) is 3.56. The Kier molecular flexibility index (Phi) is 3.94. The van der Waals surface area contributed by atoms with Crippen LogP contribution in [0.1, 0.15) is 70.0 Å². The summed E-state index contributed by atoms with van der Waals surface area (Å²) >= 11 is 0. The van der Waals surface area contributed by atoms with E-state index in [-0.39, 0.29) is 5.41 Å². The van der Waals surface area contributed by atoms with E-state index in [1.807, 2.05) is 6.07 Å². The van der Waals surface area contributed by atoms with E-state index in [0.717, 1.165) is 36.4 Å². The first kappa shape index (κ1) is 16.0. The van der Waals surface area contributed by atoms with Crippen LogP contribution in [0.25, 0.3) is 0 Å². The number of hydrogen-bond donors (Lipinski definition) is 1. The maximum atomic E-state index is 13.4. The Morgan fingerprint density at radius 3 is 2.40 bits per heavy atom. The predicted molar refractivity (Wildman–Crippen MR) is 96.9 cm³/mol. The van der Waals surface area contributed by atoms with Gasteiger partial charge in [-0.1, -0.05) is 12.8 Å². The van der Waals surface area contributed by atoms with Crippen molar-refractivity contribution in [2.45, 2.75) is 76.7 Å². The first-order valence-corrected chi connectivity index (χ1v) is 10.5. The molecule has 0 aromatic carbocycles. The third-order valence-corrected chi connectivity index (χ3v) is 7.79. The van der Waals surface area contributed by atoms with Gasteiger partial charge >= 0.3 is 0 Å². The molecule has 6 rings (SSSR count). The highest BCUT2D eigenvalue weighted by molar-refractivity contribution is 5.83. The van der Waals surface area contributed by atoms with Crippen LogP contribution < -0.4 is 5.32 Å². The van der Waals surface area contributed by atoms with Crippen LogP contribution in [-0.2, 0) is 11.2 Å². The summed E-state index contributed by atoms with van der Waals surface area (Å²) in [5.41, 5.74) is -0.0125. The molecular weight excluding hydrogens is 310 g/mol. The van der Waals surface area contributed by atoms with Crippen LogP contribution in [0.5, 0.6) is 0 Å². The normalized spacial score (nSPS) is 42.5. The summed E-state index contributed by atoms with van der Waals surface area (Å²) in [5.74, 6) is 4.52. The van der Waals surface area contributed by atoms with Crippen LogP contribution in [-0.4, -0.2) is 11.9 Å². The van der Waals surface area contributed by atoms with Gasteiger partial charge in [-0.05, 0) is 87.2 Å². The number of furan rings is 1. The van der Waals surface area contributed by atoms with Crippen molar-refractivity contribution in [2.24, 2.45) is 29.1 Å². The largest absolute Gasteiger partial charge is 0.469 e. The van der Waals surface area contributed by atoms with Crippen molar-refractivity contribution < 1.29 is 9.21 Å². The van der Waals surface area contributed by atoms with Gasteiger partial charge in [0, 0.05) is 17.9 Å². The molecule has 0 unspecified atom stereocenters. The van der Waals surface area contributed by atoms with Gasteiger partial charge in [-0.3, -0.25) is 4.79 Å². The molecule has 1 heterocycles. The maximum Gasteiger partial charge on any atom is 0.226 e. The van der Waals surface area contributed by atoms with E-state index < -0.39 is 0 Å². The Balaban J connectivity index is 1.29. The van der Waals surface area contributed by atoms with Crippen molar-refractivity contribution in [3.8, 4) is 0 Å². The van der Waals surface area contributed by atoms with Gasteiger partial charge in [-0.15, -0.1) is 0 Å². The van der Waals surface area contributed by atoms with Crippen LogP contribution in [0.15, 0.2) is 22.8 Å². The molecule has 2 atom stereocenters. The zero-order valence-corrected chi connectivity index (χ0v) is 15.2. The van der Waals surface area contributed by atoms with E-state index >= 15 is 0 Å². The van der Waals surface area contributed by atoms with E-state index in [2.05, 4.69) is 11.4 Å². The molecule has 136 valence electrons. The molecule has 1 aromatic rings. The molecule has 0 spiro atoms. The highest BCUT2D eigenvalue weighted by atomic mass is 16.3. The maximum absolute atomic E-state index is 13.4. The lowest BCUT2D eigenvalue weighted by molar-refractivity contribution is -0.147. The van der Waals surface area contributed by atoms with Crippen LogP contribution in [0, 0.1) is 29.1 Å². The molecule has 3 nitrogen and oxygen atoms in total. The molecule has 1 aromatic heterocycles. The number of nitrogens with one attached hydrogen (secondary N) is 1. The highest BCUT2D eigenvalue weighted by Gasteiger charge is 2.54. The van der Waals surface area contributed by atoms with Crippen molar-refractivity contribution in [3.05, 3.63) is 24.2 Å². The monoisotopic (exact) mass is 341 g/mol. The van der Waals surface area contributed by atoms with Crippen LogP contribution in [0.4, 0.5) is 0 Å². The van der Waals surface area contributed by atoms with E-state index in [9.17, 15) is 4.79 Å². The van der Waals surface area contributed by atoms with Crippen molar-refractivity contribution >= 4 is 5.91 Å². The molecule has 1 amide bonds. The molecule has 1 N–H and O–H groups in total. The Bertz CT molecular complexity index is 585. The highest BCUT2D eigenvalue weighted by Crippen LogP contribution is 2.60. The van der Waals surface area contributed by atoms with E-state index in [4.69, 9.17) is 4.42 Å². The quantitative estimate of drug-likeness (QED) is 0.861. The van der Waals surface area contributed by atoms with Crippen molar-refractivity contribution in [3.63, 3.8) is 0 Å².